The number of hydrogen-bond acceptors (Lipinski definition) is 3. The van der Waals surface area contributed by atoms with Gasteiger partial charge in [0.05, 0.1) is 15.5 Å². The Labute approximate surface area is 130 Å². The Kier molecular flexibility index (Phi) is 6.19. The third kappa shape index (κ3) is 4.31. The molecule has 110 valence electrons. The fourth-order valence-corrected chi connectivity index (χ4v) is 3.30. The standard InChI is InChI=1S/C12H13BrClNO4S/c1-2-3-4-5-15-20(18,19)8-6-9(12(16)17)11(14)10(13)7-8/h2-3,6-7,15H,4-5H2,1H3,(H,16,17)/b3-2+. The van der Waals surface area contributed by atoms with Crippen LogP contribution in [0.2, 0.25) is 5.02 Å². The minimum atomic E-state index is -3.77. The molecule has 0 amide bonds. The summed E-state index contributed by atoms with van der Waals surface area (Å²) in [5.41, 5.74) is -0.269. The highest BCUT2D eigenvalue weighted by atomic mass is 79.9. The second-order valence-electron chi connectivity index (χ2n) is 3.83. The molecule has 0 heterocycles. The fraction of sp³-hybridized carbons (Fsp3) is 0.250. The molecule has 0 saturated heterocycles. The largest absolute Gasteiger partial charge is 0.478 e. The third-order valence-corrected chi connectivity index (χ3v) is 5.08. The van der Waals surface area contributed by atoms with Crippen molar-refractivity contribution in [1.29, 1.82) is 0 Å². The van der Waals surface area contributed by atoms with E-state index in [1.165, 1.54) is 6.07 Å². The lowest BCUT2D eigenvalue weighted by molar-refractivity contribution is 0.0696. The van der Waals surface area contributed by atoms with Crippen molar-refractivity contribution >= 4 is 43.5 Å². The van der Waals surface area contributed by atoms with E-state index in [4.69, 9.17) is 16.7 Å². The van der Waals surface area contributed by atoms with E-state index < -0.39 is 16.0 Å². The average molecular weight is 383 g/mol. The monoisotopic (exact) mass is 381 g/mol. The number of carboxylic acids is 1. The summed E-state index contributed by atoms with van der Waals surface area (Å²) in [5, 5.41) is 8.96. The van der Waals surface area contributed by atoms with Gasteiger partial charge in [-0.2, -0.15) is 0 Å². The zero-order valence-corrected chi connectivity index (χ0v) is 13.7. The number of aromatic carboxylic acids is 1. The van der Waals surface area contributed by atoms with Crippen LogP contribution in [-0.2, 0) is 10.0 Å². The number of hydrogen-bond donors (Lipinski definition) is 2. The number of allylic oxidation sites excluding steroid dienone is 1. The summed E-state index contributed by atoms with van der Waals surface area (Å²) in [6.07, 6.45) is 4.19. The van der Waals surface area contributed by atoms with Crippen LogP contribution in [0.25, 0.3) is 0 Å². The minimum absolute atomic E-state index is 0.0367. The summed E-state index contributed by atoms with van der Waals surface area (Å²) >= 11 is 8.86. The molecule has 5 nitrogen and oxygen atoms in total. The predicted octanol–water partition coefficient (Wildman–Crippen LogP) is 3.05. The van der Waals surface area contributed by atoms with Gasteiger partial charge in [0, 0.05) is 11.0 Å². The van der Waals surface area contributed by atoms with Gasteiger partial charge in [0.2, 0.25) is 10.0 Å². The van der Waals surface area contributed by atoms with Crippen LogP contribution in [0.5, 0.6) is 0 Å². The van der Waals surface area contributed by atoms with E-state index >= 15 is 0 Å². The van der Waals surface area contributed by atoms with E-state index in [2.05, 4.69) is 20.7 Å². The topological polar surface area (TPSA) is 83.5 Å². The number of nitrogens with one attached hydrogen (secondary N) is 1. The van der Waals surface area contributed by atoms with Crippen LogP contribution in [0.4, 0.5) is 0 Å². The fourth-order valence-electron chi connectivity index (χ4n) is 1.40. The molecule has 8 heteroatoms. The first kappa shape index (κ1) is 17.2. The number of halogens is 2. The number of sulfonamides is 1. The highest BCUT2D eigenvalue weighted by Gasteiger charge is 2.20. The summed E-state index contributed by atoms with van der Waals surface area (Å²) in [7, 11) is -3.77. The molecule has 1 aromatic carbocycles. The third-order valence-electron chi connectivity index (χ3n) is 2.38. The van der Waals surface area contributed by atoms with Crippen molar-refractivity contribution in [2.45, 2.75) is 18.2 Å². The second kappa shape index (κ2) is 7.21. The second-order valence-corrected chi connectivity index (χ2v) is 6.83. The van der Waals surface area contributed by atoms with E-state index in [1.807, 2.05) is 19.1 Å². The average Bonchev–Trinajstić information content (AvgIpc) is 2.37. The molecule has 0 atom stereocenters. The smallest absolute Gasteiger partial charge is 0.337 e. The molecule has 0 saturated carbocycles. The highest BCUT2D eigenvalue weighted by molar-refractivity contribution is 9.10. The van der Waals surface area contributed by atoms with E-state index in [0.29, 0.717) is 6.42 Å². The Morgan fingerprint density at radius 2 is 2.15 bits per heavy atom. The molecule has 0 fully saturated rings. The molecule has 0 radical (unpaired) electrons. The van der Waals surface area contributed by atoms with Gasteiger partial charge in [-0.15, -0.1) is 0 Å². The maximum Gasteiger partial charge on any atom is 0.337 e. The van der Waals surface area contributed by atoms with Crippen molar-refractivity contribution < 1.29 is 18.3 Å². The van der Waals surface area contributed by atoms with E-state index in [-0.39, 0.29) is 26.5 Å². The van der Waals surface area contributed by atoms with Crippen LogP contribution in [0.1, 0.15) is 23.7 Å². The lowest BCUT2D eigenvalue weighted by atomic mass is 10.2. The first-order valence-electron chi connectivity index (χ1n) is 5.62. The van der Waals surface area contributed by atoms with Crippen molar-refractivity contribution in [3.8, 4) is 0 Å². The van der Waals surface area contributed by atoms with Crippen LogP contribution in [-0.4, -0.2) is 26.0 Å². The molecule has 1 rings (SSSR count). The van der Waals surface area contributed by atoms with E-state index in [0.717, 1.165) is 6.07 Å². The maximum atomic E-state index is 12.0. The van der Waals surface area contributed by atoms with Crippen molar-refractivity contribution in [3.05, 3.63) is 39.3 Å². The molecule has 0 aliphatic carbocycles. The van der Waals surface area contributed by atoms with E-state index in [9.17, 15) is 13.2 Å². The van der Waals surface area contributed by atoms with Crippen LogP contribution < -0.4 is 4.72 Å². The molecule has 0 aliphatic rings. The van der Waals surface area contributed by atoms with Gasteiger partial charge in [-0.1, -0.05) is 23.8 Å². The van der Waals surface area contributed by atoms with Gasteiger partial charge in [-0.3, -0.25) is 0 Å². The number of carbonyl (C=O) groups is 1. The quantitative estimate of drug-likeness (QED) is 0.585. The molecule has 1 aromatic rings. The molecule has 0 aliphatic heterocycles. The zero-order chi connectivity index (χ0) is 15.3. The summed E-state index contributed by atoms with van der Waals surface area (Å²) in [5.74, 6) is -1.29. The lowest BCUT2D eigenvalue weighted by Gasteiger charge is -2.09. The van der Waals surface area contributed by atoms with Crippen molar-refractivity contribution in [1.82, 2.24) is 4.72 Å². The molecule has 0 bridgehead atoms. The Balaban J connectivity index is 3.09. The number of benzene rings is 1. The van der Waals surface area contributed by atoms with Gasteiger partial charge in [0.15, 0.2) is 0 Å². The van der Waals surface area contributed by atoms with Crippen molar-refractivity contribution in [3.63, 3.8) is 0 Å². The van der Waals surface area contributed by atoms with Gasteiger partial charge < -0.3 is 5.11 Å². The lowest BCUT2D eigenvalue weighted by Crippen LogP contribution is -2.24. The van der Waals surface area contributed by atoms with Crippen LogP contribution in [0.3, 0.4) is 0 Å². The molecule has 0 spiro atoms. The number of carboxylic acid groups (broad SMARTS) is 1. The Morgan fingerprint density at radius 3 is 2.70 bits per heavy atom. The first-order chi connectivity index (χ1) is 9.29. The van der Waals surface area contributed by atoms with Gasteiger partial charge in [0.25, 0.3) is 0 Å². The molecule has 20 heavy (non-hydrogen) atoms. The Morgan fingerprint density at radius 1 is 1.50 bits per heavy atom. The van der Waals surface area contributed by atoms with Gasteiger partial charge in [0.1, 0.15) is 0 Å². The number of rotatable bonds is 6. The molecule has 0 unspecified atom stereocenters. The summed E-state index contributed by atoms with van der Waals surface area (Å²) in [6, 6.07) is 2.31. The normalized spacial score (nSPS) is 11.9. The van der Waals surface area contributed by atoms with E-state index in [1.54, 1.807) is 0 Å². The zero-order valence-electron chi connectivity index (χ0n) is 10.6. The van der Waals surface area contributed by atoms with Crippen LogP contribution in [0.15, 0.2) is 33.7 Å². The summed E-state index contributed by atoms with van der Waals surface area (Å²) in [4.78, 5) is 10.9. The predicted molar refractivity (Wildman–Crippen MR) is 80.7 cm³/mol. The highest BCUT2D eigenvalue weighted by Crippen LogP contribution is 2.29. The van der Waals surface area contributed by atoms with Gasteiger partial charge in [-0.05, 0) is 41.4 Å². The minimum Gasteiger partial charge on any atom is -0.478 e. The molecular weight excluding hydrogens is 370 g/mol. The van der Waals surface area contributed by atoms with Gasteiger partial charge in [-0.25, -0.2) is 17.9 Å². The van der Waals surface area contributed by atoms with Crippen LogP contribution in [0, 0.1) is 0 Å². The Bertz CT molecular complexity index is 643. The Hall–Kier alpha value is -0.890. The molecular formula is C12H13BrClNO4S. The first-order valence-corrected chi connectivity index (χ1v) is 8.28. The molecule has 0 aromatic heterocycles. The maximum absolute atomic E-state index is 12.0. The van der Waals surface area contributed by atoms with Crippen LogP contribution >= 0.6 is 27.5 Å². The van der Waals surface area contributed by atoms with Crippen molar-refractivity contribution in [2.24, 2.45) is 0 Å². The molecule has 2 N–H and O–H groups in total. The van der Waals surface area contributed by atoms with Crippen molar-refractivity contribution in [2.75, 3.05) is 6.54 Å². The SMILES string of the molecule is C/C=C/CCNS(=O)(=O)c1cc(Br)c(Cl)c(C(=O)O)c1. The summed E-state index contributed by atoms with van der Waals surface area (Å²) < 4.78 is 26.7. The van der Waals surface area contributed by atoms with Gasteiger partial charge >= 0.3 is 5.97 Å². The summed E-state index contributed by atoms with van der Waals surface area (Å²) in [6.45, 7) is 2.07.